The lowest BCUT2D eigenvalue weighted by atomic mass is 10.2. The fourth-order valence-electron chi connectivity index (χ4n) is 1.66. The van der Waals surface area contributed by atoms with Gasteiger partial charge in [0.1, 0.15) is 6.07 Å². The molecule has 0 saturated heterocycles. The molecule has 2 N–H and O–H groups in total. The van der Waals surface area contributed by atoms with Crippen LogP contribution < -0.4 is 10.6 Å². The third kappa shape index (κ3) is 3.76. The number of hydrogen-bond donors (Lipinski definition) is 2. The van der Waals surface area contributed by atoms with Crippen LogP contribution in [0.25, 0.3) is 0 Å². The van der Waals surface area contributed by atoms with Gasteiger partial charge in [0.2, 0.25) is 5.95 Å². The van der Waals surface area contributed by atoms with E-state index in [1.165, 1.54) is 12.4 Å². The molecule has 0 aliphatic heterocycles. The number of hydrogen-bond acceptors (Lipinski definition) is 5. The number of amides is 1. The SMILES string of the molecule is CCCNC(=O)c1cnc(Nc2ccccc2C#N)nc1. The van der Waals surface area contributed by atoms with Crippen LogP contribution in [0.1, 0.15) is 29.3 Å². The van der Waals surface area contributed by atoms with Crippen LogP contribution in [-0.4, -0.2) is 22.4 Å². The molecule has 0 spiro atoms. The average Bonchev–Trinajstić information content (AvgIpc) is 2.54. The molecule has 106 valence electrons. The van der Waals surface area contributed by atoms with Crippen molar-refractivity contribution in [2.75, 3.05) is 11.9 Å². The Morgan fingerprint density at radius 3 is 2.67 bits per heavy atom. The largest absolute Gasteiger partial charge is 0.352 e. The molecule has 0 aliphatic carbocycles. The van der Waals surface area contributed by atoms with E-state index in [2.05, 4.69) is 26.7 Å². The highest BCUT2D eigenvalue weighted by Gasteiger charge is 2.07. The lowest BCUT2D eigenvalue weighted by Gasteiger charge is -2.07. The highest BCUT2D eigenvalue weighted by atomic mass is 16.1. The van der Waals surface area contributed by atoms with Gasteiger partial charge in [0.05, 0.1) is 16.8 Å². The molecule has 21 heavy (non-hydrogen) atoms. The van der Waals surface area contributed by atoms with Crippen molar-refractivity contribution in [3.05, 3.63) is 47.8 Å². The second kappa shape index (κ2) is 7.01. The van der Waals surface area contributed by atoms with Gasteiger partial charge in [-0.2, -0.15) is 5.26 Å². The molecule has 0 unspecified atom stereocenters. The van der Waals surface area contributed by atoms with Crippen molar-refractivity contribution in [2.45, 2.75) is 13.3 Å². The van der Waals surface area contributed by atoms with Gasteiger partial charge in [-0.3, -0.25) is 4.79 Å². The number of rotatable bonds is 5. The molecule has 1 amide bonds. The second-order valence-corrected chi connectivity index (χ2v) is 4.33. The number of benzene rings is 1. The summed E-state index contributed by atoms with van der Waals surface area (Å²) in [5.74, 6) is 0.144. The number of carbonyl (C=O) groups excluding carboxylic acids is 1. The zero-order valence-corrected chi connectivity index (χ0v) is 11.6. The Morgan fingerprint density at radius 2 is 2.00 bits per heavy atom. The summed E-state index contributed by atoms with van der Waals surface area (Å²) < 4.78 is 0. The van der Waals surface area contributed by atoms with Crippen molar-refractivity contribution in [2.24, 2.45) is 0 Å². The maximum atomic E-state index is 11.7. The molecule has 6 heteroatoms. The fourth-order valence-corrected chi connectivity index (χ4v) is 1.66. The van der Waals surface area contributed by atoms with Gasteiger partial charge in [0.15, 0.2) is 0 Å². The average molecular weight is 281 g/mol. The van der Waals surface area contributed by atoms with Crippen molar-refractivity contribution in [3.63, 3.8) is 0 Å². The highest BCUT2D eigenvalue weighted by molar-refractivity contribution is 5.93. The molecule has 0 atom stereocenters. The number of nitriles is 1. The van der Waals surface area contributed by atoms with Gasteiger partial charge in [-0.25, -0.2) is 9.97 Å². The molecular weight excluding hydrogens is 266 g/mol. The first kappa shape index (κ1) is 14.5. The van der Waals surface area contributed by atoms with Gasteiger partial charge in [0, 0.05) is 18.9 Å². The summed E-state index contributed by atoms with van der Waals surface area (Å²) in [5, 5.41) is 14.7. The molecule has 1 heterocycles. The first-order valence-corrected chi connectivity index (χ1v) is 6.61. The van der Waals surface area contributed by atoms with Crippen molar-refractivity contribution in [3.8, 4) is 6.07 Å². The van der Waals surface area contributed by atoms with Gasteiger partial charge in [-0.15, -0.1) is 0 Å². The Hall–Kier alpha value is -2.94. The monoisotopic (exact) mass is 281 g/mol. The number of anilines is 2. The van der Waals surface area contributed by atoms with Crippen LogP contribution in [0.2, 0.25) is 0 Å². The minimum absolute atomic E-state index is 0.194. The van der Waals surface area contributed by atoms with Gasteiger partial charge in [0.25, 0.3) is 5.91 Å². The standard InChI is InChI=1S/C15H15N5O/c1-2-7-17-14(21)12-9-18-15(19-10-12)20-13-6-4-3-5-11(13)8-16/h3-6,9-10H,2,7H2,1H3,(H,17,21)(H,18,19,20). The molecule has 6 nitrogen and oxygen atoms in total. The van der Waals surface area contributed by atoms with Crippen LogP contribution in [0.15, 0.2) is 36.7 Å². The predicted molar refractivity (Wildman–Crippen MR) is 79.1 cm³/mol. The Balaban J connectivity index is 2.09. The maximum absolute atomic E-state index is 11.7. The van der Waals surface area contributed by atoms with Crippen LogP contribution >= 0.6 is 0 Å². The molecule has 0 radical (unpaired) electrons. The Kier molecular flexibility index (Phi) is 4.83. The van der Waals surface area contributed by atoms with E-state index in [-0.39, 0.29) is 5.91 Å². The van der Waals surface area contributed by atoms with Crippen molar-refractivity contribution < 1.29 is 4.79 Å². The minimum Gasteiger partial charge on any atom is -0.352 e. The lowest BCUT2D eigenvalue weighted by molar-refractivity contribution is 0.0953. The third-order valence-corrected chi connectivity index (χ3v) is 2.74. The number of para-hydroxylation sites is 1. The van der Waals surface area contributed by atoms with Crippen molar-refractivity contribution in [1.29, 1.82) is 5.26 Å². The molecule has 1 aromatic carbocycles. The zero-order valence-electron chi connectivity index (χ0n) is 11.6. The van der Waals surface area contributed by atoms with E-state index in [1.807, 2.05) is 13.0 Å². The summed E-state index contributed by atoms with van der Waals surface area (Å²) in [6, 6.07) is 9.16. The van der Waals surface area contributed by atoms with Crippen LogP contribution in [0.4, 0.5) is 11.6 Å². The van der Waals surface area contributed by atoms with Gasteiger partial charge < -0.3 is 10.6 Å². The smallest absolute Gasteiger partial charge is 0.254 e. The summed E-state index contributed by atoms with van der Waals surface area (Å²) in [6.45, 7) is 2.60. The predicted octanol–water partition coefficient (Wildman–Crippen LogP) is 2.23. The molecular formula is C15H15N5O. The van der Waals surface area contributed by atoms with E-state index in [4.69, 9.17) is 5.26 Å². The number of nitrogens with zero attached hydrogens (tertiary/aromatic N) is 3. The maximum Gasteiger partial charge on any atom is 0.254 e. The molecule has 0 aliphatic rings. The van der Waals surface area contributed by atoms with E-state index in [0.717, 1.165) is 6.42 Å². The number of nitrogens with one attached hydrogen (secondary N) is 2. The van der Waals surface area contributed by atoms with E-state index in [1.54, 1.807) is 18.2 Å². The quantitative estimate of drug-likeness (QED) is 0.877. The summed E-state index contributed by atoms with van der Waals surface area (Å²) >= 11 is 0. The molecule has 2 aromatic rings. The van der Waals surface area contributed by atoms with E-state index >= 15 is 0 Å². The van der Waals surface area contributed by atoms with Gasteiger partial charge in [-0.05, 0) is 18.6 Å². The summed E-state index contributed by atoms with van der Waals surface area (Å²) in [4.78, 5) is 19.9. The number of aromatic nitrogens is 2. The molecule has 0 saturated carbocycles. The van der Waals surface area contributed by atoms with E-state index < -0.39 is 0 Å². The summed E-state index contributed by atoms with van der Waals surface area (Å²) in [5.41, 5.74) is 1.54. The van der Waals surface area contributed by atoms with Crippen LogP contribution in [0.5, 0.6) is 0 Å². The van der Waals surface area contributed by atoms with Gasteiger partial charge in [-0.1, -0.05) is 19.1 Å². The lowest BCUT2D eigenvalue weighted by Crippen LogP contribution is -2.24. The second-order valence-electron chi connectivity index (χ2n) is 4.33. The Bertz CT molecular complexity index is 661. The Labute approximate surface area is 122 Å². The topological polar surface area (TPSA) is 90.7 Å². The first-order valence-electron chi connectivity index (χ1n) is 6.61. The van der Waals surface area contributed by atoms with E-state index in [9.17, 15) is 4.79 Å². The van der Waals surface area contributed by atoms with Crippen LogP contribution in [0, 0.1) is 11.3 Å². The van der Waals surface area contributed by atoms with Crippen LogP contribution in [-0.2, 0) is 0 Å². The minimum atomic E-state index is -0.194. The van der Waals surface area contributed by atoms with Gasteiger partial charge >= 0.3 is 0 Å². The highest BCUT2D eigenvalue weighted by Crippen LogP contribution is 2.17. The molecule has 0 bridgehead atoms. The third-order valence-electron chi connectivity index (χ3n) is 2.74. The van der Waals surface area contributed by atoms with Crippen molar-refractivity contribution in [1.82, 2.24) is 15.3 Å². The molecule has 0 fully saturated rings. The van der Waals surface area contributed by atoms with Crippen molar-refractivity contribution >= 4 is 17.5 Å². The molecule has 1 aromatic heterocycles. The zero-order chi connectivity index (χ0) is 15.1. The normalized spacial score (nSPS) is 9.71. The first-order chi connectivity index (χ1) is 10.2. The van der Waals surface area contributed by atoms with E-state index in [0.29, 0.717) is 29.3 Å². The Morgan fingerprint density at radius 1 is 1.29 bits per heavy atom. The fraction of sp³-hybridized carbons (Fsp3) is 0.200. The van der Waals surface area contributed by atoms with Crippen LogP contribution in [0.3, 0.4) is 0 Å². The molecule has 2 rings (SSSR count). The summed E-state index contributed by atoms with van der Waals surface area (Å²) in [6.07, 6.45) is 3.78. The summed E-state index contributed by atoms with van der Waals surface area (Å²) in [7, 11) is 0. The number of carbonyl (C=O) groups is 1.